The van der Waals surface area contributed by atoms with Crippen molar-refractivity contribution in [1.82, 2.24) is 9.88 Å². The second-order valence-corrected chi connectivity index (χ2v) is 6.17. The van der Waals surface area contributed by atoms with E-state index in [9.17, 15) is 18.0 Å². The molecule has 1 spiro atoms. The Kier molecular flexibility index (Phi) is 3.11. The molecule has 2 aliphatic rings. The third-order valence-corrected chi connectivity index (χ3v) is 4.41. The Bertz CT molecular complexity index is 542. The standard InChI is InChI=1S/C14H15F3N2O2/c15-14(16,17)11-2-1-9(6-18-11)3-10-4-13(5-10)7-19(8-13)12(20)21/h1-2,6,10H,3-5,7-8H2,(H,20,21). The summed E-state index contributed by atoms with van der Waals surface area (Å²) >= 11 is 0. The van der Waals surface area contributed by atoms with Crippen LogP contribution in [0.15, 0.2) is 18.3 Å². The fourth-order valence-corrected chi connectivity index (χ4v) is 3.51. The second-order valence-electron chi connectivity index (χ2n) is 6.17. The molecule has 1 N–H and O–H groups in total. The molecule has 1 aliphatic carbocycles. The summed E-state index contributed by atoms with van der Waals surface area (Å²) in [5.41, 5.74) is 0.0623. The van der Waals surface area contributed by atoms with Gasteiger partial charge in [0.25, 0.3) is 0 Å². The average Bonchev–Trinajstić information content (AvgIpc) is 2.29. The molecule has 0 radical (unpaired) electrons. The number of carboxylic acid groups (broad SMARTS) is 1. The number of carbonyl (C=O) groups is 1. The lowest BCUT2D eigenvalue weighted by molar-refractivity contribution is -0.141. The molecular weight excluding hydrogens is 285 g/mol. The van der Waals surface area contributed by atoms with Crippen LogP contribution in [0.5, 0.6) is 0 Å². The molecule has 21 heavy (non-hydrogen) atoms. The summed E-state index contributed by atoms with van der Waals surface area (Å²) in [6, 6.07) is 2.49. The summed E-state index contributed by atoms with van der Waals surface area (Å²) in [6.07, 6.45) is -1.39. The van der Waals surface area contributed by atoms with Crippen molar-refractivity contribution in [3.63, 3.8) is 0 Å². The largest absolute Gasteiger partial charge is 0.465 e. The van der Waals surface area contributed by atoms with Crippen LogP contribution in [-0.2, 0) is 12.6 Å². The lowest BCUT2D eigenvalue weighted by Gasteiger charge is -2.58. The van der Waals surface area contributed by atoms with Gasteiger partial charge in [-0.05, 0) is 36.8 Å². The third kappa shape index (κ3) is 2.69. The highest BCUT2D eigenvalue weighted by atomic mass is 19.4. The molecule has 3 rings (SSSR count). The second kappa shape index (κ2) is 4.61. The van der Waals surface area contributed by atoms with Crippen LogP contribution in [0.2, 0.25) is 0 Å². The maximum Gasteiger partial charge on any atom is 0.433 e. The number of rotatable bonds is 2. The minimum absolute atomic E-state index is 0.127. The fraction of sp³-hybridized carbons (Fsp3) is 0.571. The van der Waals surface area contributed by atoms with E-state index in [2.05, 4.69) is 4.98 Å². The molecule has 2 fully saturated rings. The fourth-order valence-electron chi connectivity index (χ4n) is 3.51. The number of aromatic nitrogens is 1. The van der Waals surface area contributed by atoms with Gasteiger partial charge in [0.05, 0.1) is 0 Å². The van der Waals surface area contributed by atoms with E-state index >= 15 is 0 Å². The van der Waals surface area contributed by atoms with Gasteiger partial charge in [-0.3, -0.25) is 4.98 Å². The van der Waals surface area contributed by atoms with Gasteiger partial charge in [0.1, 0.15) is 5.69 Å². The monoisotopic (exact) mass is 300 g/mol. The number of hydrogen-bond donors (Lipinski definition) is 1. The van der Waals surface area contributed by atoms with Crippen molar-refractivity contribution in [2.75, 3.05) is 13.1 Å². The van der Waals surface area contributed by atoms with Gasteiger partial charge in [-0.15, -0.1) is 0 Å². The summed E-state index contributed by atoms with van der Waals surface area (Å²) in [7, 11) is 0. The quantitative estimate of drug-likeness (QED) is 0.913. The van der Waals surface area contributed by atoms with Crippen molar-refractivity contribution in [3.8, 4) is 0 Å². The highest BCUT2D eigenvalue weighted by molar-refractivity contribution is 5.66. The van der Waals surface area contributed by atoms with Crippen LogP contribution in [0.4, 0.5) is 18.0 Å². The zero-order chi connectivity index (χ0) is 15.3. The minimum atomic E-state index is -4.40. The normalized spacial score (nSPS) is 21.0. The number of amides is 1. The van der Waals surface area contributed by atoms with Gasteiger partial charge >= 0.3 is 12.3 Å². The molecule has 1 aromatic rings. The van der Waals surface area contributed by atoms with E-state index in [0.717, 1.165) is 24.5 Å². The Labute approximate surface area is 119 Å². The molecule has 0 unspecified atom stereocenters. The van der Waals surface area contributed by atoms with Crippen molar-refractivity contribution >= 4 is 6.09 Å². The van der Waals surface area contributed by atoms with Gasteiger partial charge < -0.3 is 10.0 Å². The van der Waals surface area contributed by atoms with Crippen LogP contribution in [0, 0.1) is 11.3 Å². The molecule has 114 valence electrons. The highest BCUT2D eigenvalue weighted by Gasteiger charge is 2.53. The van der Waals surface area contributed by atoms with Crippen LogP contribution in [0.1, 0.15) is 24.1 Å². The lowest BCUT2D eigenvalue weighted by Crippen LogP contribution is -2.63. The topological polar surface area (TPSA) is 53.4 Å². The lowest BCUT2D eigenvalue weighted by atomic mass is 9.56. The first-order chi connectivity index (χ1) is 9.77. The van der Waals surface area contributed by atoms with E-state index in [1.807, 2.05) is 0 Å². The predicted octanol–water partition coefficient (Wildman–Crippen LogP) is 3.03. The maximum atomic E-state index is 12.4. The number of hydrogen-bond acceptors (Lipinski definition) is 2. The van der Waals surface area contributed by atoms with E-state index in [4.69, 9.17) is 5.11 Å². The van der Waals surface area contributed by atoms with Crippen LogP contribution in [0.25, 0.3) is 0 Å². The van der Waals surface area contributed by atoms with Crippen molar-refractivity contribution < 1.29 is 23.1 Å². The first kappa shape index (κ1) is 14.2. The molecule has 1 saturated carbocycles. The van der Waals surface area contributed by atoms with E-state index in [-0.39, 0.29) is 5.41 Å². The number of alkyl halides is 3. The van der Waals surface area contributed by atoms with E-state index in [1.54, 1.807) is 0 Å². The molecule has 1 aliphatic heterocycles. The van der Waals surface area contributed by atoms with Crippen molar-refractivity contribution in [1.29, 1.82) is 0 Å². The van der Waals surface area contributed by atoms with Gasteiger partial charge in [-0.2, -0.15) is 13.2 Å². The van der Waals surface area contributed by atoms with Gasteiger partial charge in [0.15, 0.2) is 0 Å². The highest BCUT2D eigenvalue weighted by Crippen LogP contribution is 2.52. The summed E-state index contributed by atoms with van der Waals surface area (Å²) in [5.74, 6) is 0.416. The molecule has 1 aromatic heterocycles. The van der Waals surface area contributed by atoms with Gasteiger partial charge in [-0.25, -0.2) is 4.79 Å². The number of pyridine rings is 1. The summed E-state index contributed by atoms with van der Waals surface area (Å²) in [6.45, 7) is 1.17. The number of halogens is 3. The molecular formula is C14H15F3N2O2. The molecule has 0 atom stereocenters. The molecule has 4 nitrogen and oxygen atoms in total. The smallest absolute Gasteiger partial charge is 0.433 e. The van der Waals surface area contributed by atoms with E-state index in [0.29, 0.717) is 25.4 Å². The molecule has 0 aromatic carbocycles. The minimum Gasteiger partial charge on any atom is -0.465 e. The third-order valence-electron chi connectivity index (χ3n) is 4.41. The first-order valence-electron chi connectivity index (χ1n) is 6.77. The Morgan fingerprint density at radius 2 is 2.05 bits per heavy atom. The summed E-state index contributed by atoms with van der Waals surface area (Å²) in [5, 5.41) is 8.80. The molecule has 0 bridgehead atoms. The Balaban J connectivity index is 1.50. The van der Waals surface area contributed by atoms with Gasteiger partial charge in [-0.1, -0.05) is 6.07 Å². The zero-order valence-electron chi connectivity index (χ0n) is 11.2. The molecule has 7 heteroatoms. The summed E-state index contributed by atoms with van der Waals surface area (Å²) in [4.78, 5) is 15.6. The van der Waals surface area contributed by atoms with Crippen LogP contribution >= 0.6 is 0 Å². The Morgan fingerprint density at radius 1 is 1.38 bits per heavy atom. The summed E-state index contributed by atoms with van der Waals surface area (Å²) < 4.78 is 37.2. The zero-order valence-corrected chi connectivity index (χ0v) is 11.2. The molecule has 1 amide bonds. The van der Waals surface area contributed by atoms with Crippen LogP contribution < -0.4 is 0 Å². The van der Waals surface area contributed by atoms with Crippen molar-refractivity contribution in [3.05, 3.63) is 29.6 Å². The number of likely N-dealkylation sites (tertiary alicyclic amines) is 1. The van der Waals surface area contributed by atoms with Gasteiger partial charge in [0.2, 0.25) is 0 Å². The van der Waals surface area contributed by atoms with Gasteiger partial charge in [0, 0.05) is 24.7 Å². The predicted molar refractivity (Wildman–Crippen MR) is 67.7 cm³/mol. The van der Waals surface area contributed by atoms with E-state index < -0.39 is 18.0 Å². The first-order valence-corrected chi connectivity index (χ1v) is 6.77. The Hall–Kier alpha value is -1.79. The average molecular weight is 300 g/mol. The SMILES string of the molecule is O=C(O)N1CC2(CC(Cc3ccc(C(F)(F)F)nc3)C2)C1. The van der Waals surface area contributed by atoms with E-state index in [1.165, 1.54) is 17.2 Å². The Morgan fingerprint density at radius 3 is 2.52 bits per heavy atom. The number of nitrogens with zero attached hydrogens (tertiary/aromatic N) is 2. The van der Waals surface area contributed by atoms with Crippen LogP contribution in [0.3, 0.4) is 0 Å². The van der Waals surface area contributed by atoms with Crippen molar-refractivity contribution in [2.45, 2.75) is 25.4 Å². The van der Waals surface area contributed by atoms with Crippen molar-refractivity contribution in [2.24, 2.45) is 11.3 Å². The van der Waals surface area contributed by atoms with Crippen LogP contribution in [-0.4, -0.2) is 34.2 Å². The molecule has 2 heterocycles. The maximum absolute atomic E-state index is 12.4. The molecule has 1 saturated heterocycles.